The van der Waals surface area contributed by atoms with Crippen LogP contribution in [0.4, 0.5) is 0 Å². The summed E-state index contributed by atoms with van der Waals surface area (Å²) < 4.78 is 0. The van der Waals surface area contributed by atoms with Crippen LogP contribution in [0.1, 0.15) is 35.2 Å². The van der Waals surface area contributed by atoms with Crippen LogP contribution in [-0.4, -0.2) is 41.9 Å². The highest BCUT2D eigenvalue weighted by Crippen LogP contribution is 2.19. The second-order valence-electron chi connectivity index (χ2n) is 7.11. The summed E-state index contributed by atoms with van der Waals surface area (Å²) >= 11 is 0. The molecule has 5 nitrogen and oxygen atoms in total. The molecule has 3 rings (SSSR count). The van der Waals surface area contributed by atoms with Gasteiger partial charge in [-0.05, 0) is 37.0 Å². The van der Waals surface area contributed by atoms with Crippen molar-refractivity contribution in [2.75, 3.05) is 13.1 Å². The first kappa shape index (κ1) is 19.1. The Morgan fingerprint density at radius 2 is 1.74 bits per heavy atom. The maximum atomic E-state index is 12.7. The number of nitrogens with zero attached hydrogens (tertiary/aromatic N) is 1. The first-order valence-electron chi connectivity index (χ1n) is 9.55. The van der Waals surface area contributed by atoms with Gasteiger partial charge in [0, 0.05) is 37.2 Å². The quantitative estimate of drug-likeness (QED) is 0.791. The average molecular weight is 365 g/mol. The topological polar surface area (TPSA) is 75.4 Å². The van der Waals surface area contributed by atoms with Crippen molar-refractivity contribution in [3.8, 4) is 0 Å². The monoisotopic (exact) mass is 365 g/mol. The molecule has 0 spiro atoms. The first-order valence-corrected chi connectivity index (χ1v) is 9.55. The lowest BCUT2D eigenvalue weighted by molar-refractivity contribution is -0.132. The predicted octanol–water partition coefficient (Wildman–Crippen LogP) is 2.37. The zero-order valence-electron chi connectivity index (χ0n) is 15.5. The smallest absolute Gasteiger partial charge is 0.251 e. The third-order valence-electron chi connectivity index (χ3n) is 5.01. The van der Waals surface area contributed by atoms with Crippen LogP contribution in [-0.2, 0) is 11.2 Å². The SMILES string of the molecule is N[C@@H](CC(=O)N1CCCC1CNC(=O)c1ccccc1)Cc1ccccc1. The van der Waals surface area contributed by atoms with E-state index < -0.39 is 0 Å². The molecule has 1 fully saturated rings. The van der Waals surface area contributed by atoms with Crippen LogP contribution >= 0.6 is 0 Å². The fourth-order valence-electron chi connectivity index (χ4n) is 3.61. The Kier molecular flexibility index (Phi) is 6.60. The maximum Gasteiger partial charge on any atom is 0.251 e. The summed E-state index contributed by atoms with van der Waals surface area (Å²) in [5.41, 5.74) is 7.98. The number of nitrogens with two attached hydrogens (primary N) is 1. The molecular formula is C22H27N3O2. The summed E-state index contributed by atoms with van der Waals surface area (Å²) in [4.78, 5) is 26.8. The minimum atomic E-state index is -0.194. The summed E-state index contributed by atoms with van der Waals surface area (Å²) in [6.07, 6.45) is 2.90. The van der Waals surface area contributed by atoms with Crippen molar-refractivity contribution in [3.63, 3.8) is 0 Å². The van der Waals surface area contributed by atoms with Gasteiger partial charge in [-0.1, -0.05) is 48.5 Å². The molecule has 1 heterocycles. The molecule has 0 bridgehead atoms. The van der Waals surface area contributed by atoms with E-state index >= 15 is 0 Å². The van der Waals surface area contributed by atoms with Gasteiger partial charge in [-0.25, -0.2) is 0 Å². The molecule has 2 aromatic rings. The van der Waals surface area contributed by atoms with Crippen LogP contribution in [0.15, 0.2) is 60.7 Å². The van der Waals surface area contributed by atoms with Crippen LogP contribution in [0.2, 0.25) is 0 Å². The highest BCUT2D eigenvalue weighted by molar-refractivity contribution is 5.94. The first-order chi connectivity index (χ1) is 13.1. The van der Waals surface area contributed by atoms with Gasteiger partial charge in [-0.3, -0.25) is 9.59 Å². The number of carbonyl (C=O) groups is 2. The van der Waals surface area contributed by atoms with E-state index in [9.17, 15) is 9.59 Å². The molecule has 2 aromatic carbocycles. The third-order valence-corrected chi connectivity index (χ3v) is 5.01. The molecule has 0 aromatic heterocycles. The molecule has 2 atom stereocenters. The van der Waals surface area contributed by atoms with Gasteiger partial charge >= 0.3 is 0 Å². The van der Waals surface area contributed by atoms with Crippen LogP contribution < -0.4 is 11.1 Å². The van der Waals surface area contributed by atoms with Crippen molar-refractivity contribution in [3.05, 3.63) is 71.8 Å². The third kappa shape index (κ3) is 5.41. The number of carbonyl (C=O) groups excluding carboxylic acids is 2. The molecule has 0 radical (unpaired) electrons. The second kappa shape index (κ2) is 9.33. The number of likely N-dealkylation sites (tertiary alicyclic amines) is 1. The number of nitrogens with one attached hydrogen (secondary N) is 1. The molecule has 27 heavy (non-hydrogen) atoms. The molecule has 142 valence electrons. The molecule has 1 aliphatic heterocycles. The highest BCUT2D eigenvalue weighted by atomic mass is 16.2. The largest absolute Gasteiger partial charge is 0.350 e. The lowest BCUT2D eigenvalue weighted by Crippen LogP contribution is -2.44. The Balaban J connectivity index is 1.49. The van der Waals surface area contributed by atoms with E-state index in [2.05, 4.69) is 5.32 Å². The normalized spacial score (nSPS) is 17.5. The zero-order chi connectivity index (χ0) is 19.1. The molecule has 2 amide bonds. The molecule has 1 saturated heterocycles. The average Bonchev–Trinajstić information content (AvgIpc) is 3.16. The van der Waals surface area contributed by atoms with Crippen molar-refractivity contribution in [2.45, 2.75) is 37.8 Å². The van der Waals surface area contributed by atoms with E-state index in [1.807, 2.05) is 53.4 Å². The van der Waals surface area contributed by atoms with Gasteiger partial charge in [0.05, 0.1) is 0 Å². The Bertz CT molecular complexity index is 749. The molecular weight excluding hydrogens is 338 g/mol. The van der Waals surface area contributed by atoms with Gasteiger partial charge in [-0.15, -0.1) is 0 Å². The fourth-order valence-corrected chi connectivity index (χ4v) is 3.61. The van der Waals surface area contributed by atoms with Crippen molar-refractivity contribution in [1.29, 1.82) is 0 Å². The van der Waals surface area contributed by atoms with Crippen LogP contribution in [0.25, 0.3) is 0 Å². The van der Waals surface area contributed by atoms with Gasteiger partial charge in [0.2, 0.25) is 5.91 Å². The van der Waals surface area contributed by atoms with Gasteiger partial charge in [0.25, 0.3) is 5.91 Å². The number of amides is 2. The molecule has 1 aliphatic rings. The van der Waals surface area contributed by atoms with Gasteiger partial charge in [-0.2, -0.15) is 0 Å². The summed E-state index contributed by atoms with van der Waals surface area (Å²) in [6.45, 7) is 1.22. The number of hydrogen-bond donors (Lipinski definition) is 2. The van der Waals surface area contributed by atoms with Crippen LogP contribution in [0.5, 0.6) is 0 Å². The van der Waals surface area contributed by atoms with E-state index in [4.69, 9.17) is 5.73 Å². The maximum absolute atomic E-state index is 12.7. The standard InChI is InChI=1S/C22H27N3O2/c23-19(14-17-8-3-1-4-9-17)15-21(26)25-13-7-12-20(25)16-24-22(27)18-10-5-2-6-11-18/h1-6,8-11,19-20H,7,12-16,23H2,(H,24,27)/t19-,20?/m1/s1. The van der Waals surface area contributed by atoms with E-state index in [0.29, 0.717) is 24.9 Å². The Labute approximate surface area is 160 Å². The van der Waals surface area contributed by atoms with Crippen molar-refractivity contribution in [2.24, 2.45) is 5.73 Å². The number of benzene rings is 2. The molecule has 0 saturated carbocycles. The van der Waals surface area contributed by atoms with E-state index in [1.54, 1.807) is 12.1 Å². The fraction of sp³-hybridized carbons (Fsp3) is 0.364. The summed E-state index contributed by atoms with van der Waals surface area (Å²) in [6, 6.07) is 19.0. The summed E-state index contributed by atoms with van der Waals surface area (Å²) in [5, 5.41) is 2.95. The molecule has 5 heteroatoms. The van der Waals surface area contributed by atoms with Crippen molar-refractivity contribution >= 4 is 11.8 Å². The minimum absolute atomic E-state index is 0.0501. The van der Waals surface area contributed by atoms with Crippen LogP contribution in [0, 0.1) is 0 Å². The van der Waals surface area contributed by atoms with Gasteiger partial charge < -0.3 is 16.0 Å². The predicted molar refractivity (Wildman–Crippen MR) is 106 cm³/mol. The highest BCUT2D eigenvalue weighted by Gasteiger charge is 2.29. The van der Waals surface area contributed by atoms with Crippen molar-refractivity contribution in [1.82, 2.24) is 10.2 Å². The van der Waals surface area contributed by atoms with Gasteiger partial charge in [0.1, 0.15) is 0 Å². The van der Waals surface area contributed by atoms with Gasteiger partial charge in [0.15, 0.2) is 0 Å². The lowest BCUT2D eigenvalue weighted by atomic mass is 10.0. The summed E-state index contributed by atoms with van der Waals surface area (Å²) in [7, 11) is 0. The Hall–Kier alpha value is -2.66. The van der Waals surface area contributed by atoms with Crippen LogP contribution in [0.3, 0.4) is 0 Å². The van der Waals surface area contributed by atoms with E-state index in [0.717, 1.165) is 24.9 Å². The zero-order valence-corrected chi connectivity index (χ0v) is 15.5. The molecule has 3 N–H and O–H groups in total. The molecule has 0 aliphatic carbocycles. The number of hydrogen-bond acceptors (Lipinski definition) is 3. The lowest BCUT2D eigenvalue weighted by Gasteiger charge is -2.26. The number of rotatable bonds is 7. The summed E-state index contributed by atoms with van der Waals surface area (Å²) in [5.74, 6) is -0.0226. The van der Waals surface area contributed by atoms with Crippen molar-refractivity contribution < 1.29 is 9.59 Å². The van der Waals surface area contributed by atoms with E-state index in [1.165, 1.54) is 0 Å². The second-order valence-corrected chi connectivity index (χ2v) is 7.11. The Morgan fingerprint density at radius 3 is 2.44 bits per heavy atom. The molecule has 1 unspecified atom stereocenters. The minimum Gasteiger partial charge on any atom is -0.350 e. The Morgan fingerprint density at radius 1 is 1.07 bits per heavy atom. The van der Waals surface area contributed by atoms with E-state index in [-0.39, 0.29) is 23.9 Å².